The first kappa shape index (κ1) is 15.3. The number of halogens is 5. The molecule has 1 nitrogen and oxygen atoms in total. The summed E-state index contributed by atoms with van der Waals surface area (Å²) in [5.74, 6) is 0. The molecule has 0 radical (unpaired) electrons. The summed E-state index contributed by atoms with van der Waals surface area (Å²) in [5, 5.41) is 1.35. The minimum Gasteiger partial charge on any atom is -0.415 e. The highest BCUT2D eigenvalue weighted by Gasteiger charge is 2.39. The summed E-state index contributed by atoms with van der Waals surface area (Å²) in [6.45, 7) is 0. The Morgan fingerprint density at radius 1 is 0.857 bits per heavy atom. The van der Waals surface area contributed by atoms with E-state index in [4.69, 9.17) is 4.12 Å². The van der Waals surface area contributed by atoms with E-state index in [0.717, 1.165) is 0 Å². The molecule has 0 aliphatic heterocycles. The topological polar surface area (TPSA) is 9.23 Å². The van der Waals surface area contributed by atoms with Gasteiger partial charge in [0.15, 0.2) is 0 Å². The van der Waals surface area contributed by atoms with Crippen molar-refractivity contribution in [3.8, 4) is 0 Å². The van der Waals surface area contributed by atoms with Gasteiger partial charge >= 0.3 is 4.12 Å². The molecule has 0 atom stereocenters. The van der Waals surface area contributed by atoms with Crippen LogP contribution in [0.2, 0.25) is 0 Å². The first-order chi connectivity index (χ1) is 6.31. The van der Waals surface area contributed by atoms with Crippen LogP contribution in [0.3, 0.4) is 0 Å². The fourth-order valence-electron chi connectivity index (χ4n) is 0.836. The summed E-state index contributed by atoms with van der Waals surface area (Å²) in [7, 11) is 0. The van der Waals surface area contributed by atoms with Gasteiger partial charge in [0, 0.05) is 0 Å². The lowest BCUT2D eigenvalue weighted by atomic mass is 10.4. The highest BCUT2D eigenvalue weighted by molar-refractivity contribution is 14.4. The maximum atomic E-state index is 6.22. The van der Waals surface area contributed by atoms with Crippen LogP contribution >= 0.6 is 109 Å². The third-order valence-corrected chi connectivity index (χ3v) is 18.0. The summed E-state index contributed by atoms with van der Waals surface area (Å²) in [6, 6.07) is 10.5. The van der Waals surface area contributed by atoms with Gasteiger partial charge in [0.1, 0.15) is 0 Å². The van der Waals surface area contributed by atoms with Crippen molar-refractivity contribution in [2.45, 2.75) is 0 Å². The summed E-state index contributed by atoms with van der Waals surface area (Å²) >= 11 is 12.3. The largest absolute Gasteiger partial charge is 0.415 e. The zero-order chi connectivity index (χ0) is 10.8. The van der Waals surface area contributed by atoms with E-state index in [2.05, 4.69) is 133 Å². The molecule has 78 valence electrons. The fourth-order valence-corrected chi connectivity index (χ4v) is 42.8. The second-order valence-electron chi connectivity index (χ2n) is 2.43. The first-order valence-corrected chi connectivity index (χ1v) is 22.9. The molecule has 14 heavy (non-hydrogen) atoms. The standard InChI is InChI=1S/C6H5I5OSi2/c7-13(8,12-14(9,10)11)6-4-2-1-3-5-6/h1-5H. The fraction of sp³-hybridized carbons (Fsp3) is 0. The molecule has 0 bridgehead atoms. The van der Waals surface area contributed by atoms with Crippen LogP contribution in [0.4, 0.5) is 0 Å². The van der Waals surface area contributed by atoms with Gasteiger partial charge in [0.2, 0.25) is 0 Å². The molecule has 0 saturated carbocycles. The molecule has 0 aliphatic rings. The molecule has 0 N–H and O–H groups in total. The van der Waals surface area contributed by atoms with E-state index >= 15 is 0 Å². The third kappa shape index (κ3) is 5.74. The van der Waals surface area contributed by atoms with Gasteiger partial charge in [-0.2, -0.15) is 0 Å². The van der Waals surface area contributed by atoms with E-state index in [0.29, 0.717) is 0 Å². The smallest absolute Gasteiger partial charge is 0.383 e. The second kappa shape index (κ2) is 6.44. The van der Waals surface area contributed by atoms with Crippen molar-refractivity contribution in [3.05, 3.63) is 30.3 Å². The molecule has 0 amide bonds. The van der Waals surface area contributed by atoms with E-state index in [1.165, 1.54) is 5.19 Å². The van der Waals surface area contributed by atoms with Crippen LogP contribution in [-0.2, 0) is 4.12 Å². The molecule has 1 aromatic rings. The molecular formula is C6H5I5OSi2. The Hall–Kier alpha value is 3.26. The Morgan fingerprint density at radius 2 is 1.36 bits per heavy atom. The molecule has 0 aromatic heterocycles. The van der Waals surface area contributed by atoms with Crippen LogP contribution in [0.15, 0.2) is 30.3 Å². The molecule has 0 fully saturated rings. The van der Waals surface area contributed by atoms with Crippen LogP contribution in [0, 0.1) is 0 Å². The summed E-state index contributed by atoms with van der Waals surface area (Å²) in [4.78, 5) is 0. The number of hydrogen-bond donors (Lipinski definition) is 0. The van der Waals surface area contributed by atoms with Gasteiger partial charge in [0.05, 0.1) is 0 Å². The van der Waals surface area contributed by atoms with E-state index in [9.17, 15) is 0 Å². The molecule has 0 heterocycles. The van der Waals surface area contributed by atoms with Crippen molar-refractivity contribution in [3.63, 3.8) is 0 Å². The van der Waals surface area contributed by atoms with Crippen LogP contribution in [0.5, 0.6) is 0 Å². The quantitative estimate of drug-likeness (QED) is 0.250. The summed E-state index contributed by atoms with van der Waals surface area (Å²) in [5.41, 5.74) is 0. The maximum absolute atomic E-state index is 6.22. The summed E-state index contributed by atoms with van der Waals surface area (Å²) in [6.07, 6.45) is 0. The number of rotatable bonds is 3. The summed E-state index contributed by atoms with van der Waals surface area (Å²) < 4.78 is 2.97. The molecular weight excluding hydrogens is 779 g/mol. The van der Waals surface area contributed by atoms with Gasteiger partial charge in [-0.3, -0.25) is 0 Å². The average molecular weight is 784 g/mol. The van der Waals surface area contributed by atoms with Crippen LogP contribution in [-0.4, -0.2) is 4.12 Å². The van der Waals surface area contributed by atoms with Crippen molar-refractivity contribution in [1.82, 2.24) is 0 Å². The van der Waals surface area contributed by atoms with Crippen LogP contribution in [0.1, 0.15) is 0 Å². The van der Waals surface area contributed by atoms with E-state index in [1.54, 1.807) is 0 Å². The SMILES string of the molecule is I[Si](I)(I)O[Si](I)(I)c1ccccc1. The van der Waals surface area contributed by atoms with Gasteiger partial charge < -0.3 is 4.12 Å². The lowest BCUT2D eigenvalue weighted by Gasteiger charge is -2.24. The maximum Gasteiger partial charge on any atom is 0.383 e. The first-order valence-electron chi connectivity index (χ1n) is 3.51. The van der Waals surface area contributed by atoms with Crippen LogP contribution < -0.4 is 5.19 Å². The molecule has 8 heteroatoms. The molecule has 0 unspecified atom stereocenters. The van der Waals surface area contributed by atoms with Crippen molar-refractivity contribution < 1.29 is 4.12 Å². The zero-order valence-electron chi connectivity index (χ0n) is 6.68. The van der Waals surface area contributed by atoms with E-state index in [-0.39, 0.29) is 0 Å². The van der Waals surface area contributed by atoms with Gasteiger partial charge in [0.25, 0.3) is 0 Å². The van der Waals surface area contributed by atoms with Crippen LogP contribution in [0.25, 0.3) is 0 Å². The lowest BCUT2D eigenvalue weighted by molar-refractivity contribution is 0.662. The lowest BCUT2D eigenvalue weighted by Crippen LogP contribution is -2.43. The highest BCUT2D eigenvalue weighted by Crippen LogP contribution is 2.38. The van der Waals surface area contributed by atoms with Gasteiger partial charge in [-0.1, -0.05) is 139 Å². The van der Waals surface area contributed by atoms with Gasteiger partial charge in [-0.05, 0) is 5.19 Å². The molecule has 1 aromatic carbocycles. The normalized spacial score (nSPS) is 12.9. The minimum atomic E-state index is -1.74. The minimum absolute atomic E-state index is 1.35. The molecule has 1 rings (SSSR count). The Bertz CT molecular complexity index is 299. The Labute approximate surface area is 149 Å². The number of benzene rings is 1. The monoisotopic (exact) mass is 784 g/mol. The average Bonchev–Trinajstić information content (AvgIpc) is 2.01. The predicted molar refractivity (Wildman–Crippen MR) is 109 cm³/mol. The third-order valence-electron chi connectivity index (χ3n) is 1.35. The van der Waals surface area contributed by atoms with Gasteiger partial charge in [-0.15, -0.1) is 0 Å². The zero-order valence-corrected chi connectivity index (χ0v) is 19.5. The number of hydrogen-bond acceptors (Lipinski definition) is 1. The van der Waals surface area contributed by atoms with Gasteiger partial charge in [-0.25, -0.2) is 0 Å². The molecule has 0 saturated heterocycles. The van der Waals surface area contributed by atoms with Crippen molar-refractivity contribution in [2.24, 2.45) is 0 Å². The van der Waals surface area contributed by atoms with E-state index in [1.807, 2.05) is 6.07 Å². The second-order valence-corrected chi connectivity index (χ2v) is 53.3. The van der Waals surface area contributed by atoms with Crippen molar-refractivity contribution in [1.29, 1.82) is 0 Å². The molecule has 0 spiro atoms. The predicted octanol–water partition coefficient (Wildman–Crippen LogP) is 4.46. The highest BCUT2D eigenvalue weighted by atomic mass is 127. The molecule has 0 aliphatic carbocycles. The Kier molecular flexibility index (Phi) is 7.04. The van der Waals surface area contributed by atoms with E-state index < -0.39 is 4.12 Å². The van der Waals surface area contributed by atoms with Crippen molar-refractivity contribution >= 4 is 118 Å². The van der Waals surface area contributed by atoms with Crippen molar-refractivity contribution in [2.75, 3.05) is 0 Å². The Balaban J connectivity index is 2.86. The Morgan fingerprint density at radius 3 is 1.79 bits per heavy atom.